The second-order valence-electron chi connectivity index (χ2n) is 8.05. The van der Waals surface area contributed by atoms with Gasteiger partial charge in [0.15, 0.2) is 0 Å². The van der Waals surface area contributed by atoms with Gasteiger partial charge in [-0.1, -0.05) is 54.4 Å². The van der Waals surface area contributed by atoms with Gasteiger partial charge in [0.1, 0.15) is 0 Å². The van der Waals surface area contributed by atoms with E-state index < -0.39 is 0 Å². The monoisotopic (exact) mass is 432 g/mol. The fourth-order valence-corrected chi connectivity index (χ4v) is 4.89. The van der Waals surface area contributed by atoms with Gasteiger partial charge in [-0.3, -0.25) is 0 Å². The van der Waals surface area contributed by atoms with E-state index in [0.717, 1.165) is 43.7 Å². The summed E-state index contributed by atoms with van der Waals surface area (Å²) >= 11 is 6.85. The molecule has 1 aromatic carbocycles. The minimum atomic E-state index is -0.354. The highest BCUT2D eigenvalue weighted by molar-refractivity contribution is 6.30. The summed E-state index contributed by atoms with van der Waals surface area (Å²) in [5.41, 5.74) is 4.03. The van der Waals surface area contributed by atoms with Crippen molar-refractivity contribution < 1.29 is 9.53 Å². The SMILES string of the molecule is C=C[C@@H](CCNC)[C@H](C)C1=C(Cl)CC(c2ccccc2CCNC(=O)OCC)CC1. The van der Waals surface area contributed by atoms with Crippen LogP contribution in [0, 0.1) is 11.8 Å². The van der Waals surface area contributed by atoms with Crippen LogP contribution in [0.5, 0.6) is 0 Å². The highest BCUT2D eigenvalue weighted by Crippen LogP contribution is 2.43. The molecule has 0 aliphatic heterocycles. The van der Waals surface area contributed by atoms with Crippen molar-refractivity contribution in [1.82, 2.24) is 10.6 Å². The largest absolute Gasteiger partial charge is 0.450 e. The Morgan fingerprint density at radius 3 is 2.80 bits per heavy atom. The third-order valence-electron chi connectivity index (χ3n) is 6.19. The number of alkyl carbamates (subject to hydrolysis) is 1. The van der Waals surface area contributed by atoms with Crippen LogP contribution in [0.1, 0.15) is 56.6 Å². The Morgan fingerprint density at radius 1 is 1.37 bits per heavy atom. The molecule has 0 saturated heterocycles. The first kappa shape index (κ1) is 24.5. The second-order valence-corrected chi connectivity index (χ2v) is 8.50. The van der Waals surface area contributed by atoms with Crippen molar-refractivity contribution in [2.45, 2.75) is 51.9 Å². The quantitative estimate of drug-likeness (QED) is 0.435. The minimum absolute atomic E-state index is 0.354. The molecule has 4 nitrogen and oxygen atoms in total. The van der Waals surface area contributed by atoms with Gasteiger partial charge in [0.2, 0.25) is 0 Å². The highest BCUT2D eigenvalue weighted by atomic mass is 35.5. The first-order valence-electron chi connectivity index (χ1n) is 11.1. The van der Waals surface area contributed by atoms with Crippen LogP contribution in [0.2, 0.25) is 0 Å². The number of carbonyl (C=O) groups is 1. The fourth-order valence-electron chi connectivity index (χ4n) is 4.44. The van der Waals surface area contributed by atoms with E-state index in [2.05, 4.69) is 54.5 Å². The van der Waals surface area contributed by atoms with E-state index in [0.29, 0.717) is 30.9 Å². The van der Waals surface area contributed by atoms with E-state index in [-0.39, 0.29) is 6.09 Å². The topological polar surface area (TPSA) is 50.4 Å². The molecule has 0 saturated carbocycles. The molecular formula is C25H37ClN2O2. The first-order valence-corrected chi connectivity index (χ1v) is 11.5. The molecule has 1 amide bonds. The maximum absolute atomic E-state index is 11.5. The lowest BCUT2D eigenvalue weighted by molar-refractivity contribution is 0.152. The summed E-state index contributed by atoms with van der Waals surface area (Å²) in [4.78, 5) is 11.5. The van der Waals surface area contributed by atoms with E-state index in [1.807, 2.05) is 14.0 Å². The zero-order valence-corrected chi connectivity index (χ0v) is 19.4. The summed E-state index contributed by atoms with van der Waals surface area (Å²) in [6, 6.07) is 8.53. The molecule has 0 heterocycles. The number of hydrogen-bond donors (Lipinski definition) is 2. The smallest absolute Gasteiger partial charge is 0.407 e. The molecule has 0 spiro atoms. The first-order chi connectivity index (χ1) is 14.5. The molecule has 0 fully saturated rings. The van der Waals surface area contributed by atoms with Crippen LogP contribution in [0.3, 0.4) is 0 Å². The van der Waals surface area contributed by atoms with Crippen LogP contribution in [-0.2, 0) is 11.2 Å². The average Bonchev–Trinajstić information content (AvgIpc) is 2.74. The van der Waals surface area contributed by atoms with Crippen LogP contribution < -0.4 is 10.6 Å². The molecule has 0 radical (unpaired) electrons. The van der Waals surface area contributed by atoms with Crippen LogP contribution in [-0.4, -0.2) is 32.8 Å². The summed E-state index contributed by atoms with van der Waals surface area (Å²) in [5, 5.41) is 7.08. The number of hydrogen-bond acceptors (Lipinski definition) is 3. The Bertz CT molecular complexity index is 732. The van der Waals surface area contributed by atoms with E-state index in [1.165, 1.54) is 16.7 Å². The Kier molecular flexibility index (Phi) is 10.5. The van der Waals surface area contributed by atoms with Crippen molar-refractivity contribution in [3.8, 4) is 0 Å². The van der Waals surface area contributed by atoms with Crippen molar-refractivity contribution in [2.24, 2.45) is 11.8 Å². The van der Waals surface area contributed by atoms with Gasteiger partial charge >= 0.3 is 6.09 Å². The Labute approximate surface area is 187 Å². The van der Waals surface area contributed by atoms with Crippen molar-refractivity contribution in [3.63, 3.8) is 0 Å². The maximum atomic E-state index is 11.5. The third kappa shape index (κ3) is 6.88. The molecule has 1 aromatic rings. The molecule has 1 aliphatic rings. The van der Waals surface area contributed by atoms with E-state index >= 15 is 0 Å². The number of carbonyl (C=O) groups excluding carboxylic acids is 1. The Hall–Kier alpha value is -1.78. The number of halogens is 1. The predicted molar refractivity (Wildman–Crippen MR) is 126 cm³/mol. The summed E-state index contributed by atoms with van der Waals surface area (Å²) in [5.74, 6) is 1.29. The summed E-state index contributed by atoms with van der Waals surface area (Å²) < 4.78 is 4.94. The standard InChI is InChI=1S/C25H37ClN2O2/c1-5-19(13-15-27-4)18(3)22-12-11-21(17-24(22)26)23-10-8-7-9-20(23)14-16-28-25(29)30-6-2/h5,7-10,18-19,21,27H,1,6,11-17H2,2-4H3,(H,28,29)/t18-,19-,21?/m0/s1. The summed E-state index contributed by atoms with van der Waals surface area (Å²) in [7, 11) is 1.99. The van der Waals surface area contributed by atoms with Crippen LogP contribution in [0.25, 0.3) is 0 Å². The van der Waals surface area contributed by atoms with Crippen molar-refractivity contribution in [2.75, 3.05) is 26.7 Å². The maximum Gasteiger partial charge on any atom is 0.407 e. The number of rotatable bonds is 11. The number of ether oxygens (including phenoxy) is 1. The molecule has 2 rings (SSSR count). The van der Waals surface area contributed by atoms with Gasteiger partial charge < -0.3 is 15.4 Å². The van der Waals surface area contributed by atoms with Crippen LogP contribution in [0.15, 0.2) is 47.5 Å². The zero-order valence-electron chi connectivity index (χ0n) is 18.7. The fraction of sp³-hybridized carbons (Fsp3) is 0.560. The minimum Gasteiger partial charge on any atom is -0.450 e. The summed E-state index contributed by atoms with van der Waals surface area (Å²) in [6.07, 6.45) is 6.62. The molecular weight excluding hydrogens is 396 g/mol. The molecule has 2 N–H and O–H groups in total. The number of benzene rings is 1. The number of allylic oxidation sites excluding steroid dienone is 3. The van der Waals surface area contributed by atoms with Gasteiger partial charge in [0.25, 0.3) is 0 Å². The predicted octanol–water partition coefficient (Wildman–Crippen LogP) is 5.78. The third-order valence-corrected chi connectivity index (χ3v) is 6.59. The Morgan fingerprint density at radius 2 is 2.13 bits per heavy atom. The molecule has 0 bridgehead atoms. The number of amides is 1. The van der Waals surface area contributed by atoms with E-state index in [9.17, 15) is 4.79 Å². The molecule has 30 heavy (non-hydrogen) atoms. The van der Waals surface area contributed by atoms with Crippen LogP contribution in [0.4, 0.5) is 4.79 Å². The molecule has 0 aromatic heterocycles. The van der Waals surface area contributed by atoms with Gasteiger partial charge in [0, 0.05) is 11.6 Å². The van der Waals surface area contributed by atoms with Gasteiger partial charge in [-0.25, -0.2) is 4.79 Å². The Balaban J connectivity index is 2.05. The molecule has 3 atom stereocenters. The molecule has 1 unspecified atom stereocenters. The van der Waals surface area contributed by atoms with Crippen molar-refractivity contribution in [3.05, 3.63) is 58.7 Å². The lowest BCUT2D eigenvalue weighted by Crippen LogP contribution is -2.26. The lowest BCUT2D eigenvalue weighted by atomic mass is 9.75. The number of nitrogens with one attached hydrogen (secondary N) is 2. The zero-order chi connectivity index (χ0) is 21.9. The highest BCUT2D eigenvalue weighted by Gasteiger charge is 2.28. The lowest BCUT2D eigenvalue weighted by Gasteiger charge is -2.32. The van der Waals surface area contributed by atoms with Gasteiger partial charge in [-0.2, -0.15) is 0 Å². The average molecular weight is 433 g/mol. The van der Waals surface area contributed by atoms with Crippen LogP contribution >= 0.6 is 11.6 Å². The molecule has 1 aliphatic carbocycles. The molecule has 5 heteroatoms. The van der Waals surface area contributed by atoms with E-state index in [1.54, 1.807) is 0 Å². The van der Waals surface area contributed by atoms with Gasteiger partial charge in [0.05, 0.1) is 6.61 Å². The van der Waals surface area contributed by atoms with Crippen molar-refractivity contribution >= 4 is 17.7 Å². The van der Waals surface area contributed by atoms with E-state index in [4.69, 9.17) is 16.3 Å². The normalized spacial score (nSPS) is 18.6. The van der Waals surface area contributed by atoms with Crippen molar-refractivity contribution in [1.29, 1.82) is 0 Å². The van der Waals surface area contributed by atoms with Gasteiger partial charge in [-0.15, -0.1) is 6.58 Å². The second kappa shape index (κ2) is 12.8. The van der Waals surface area contributed by atoms with Gasteiger partial charge in [-0.05, 0) is 81.5 Å². The summed E-state index contributed by atoms with van der Waals surface area (Å²) in [6.45, 7) is 10.1. The molecule has 166 valence electrons.